The molecule has 0 aliphatic carbocycles. The van der Waals surface area contributed by atoms with Crippen LogP contribution in [0.2, 0.25) is 5.02 Å². The Morgan fingerprint density at radius 1 is 1.28 bits per heavy atom. The second-order valence-corrected chi connectivity index (χ2v) is 4.47. The van der Waals surface area contributed by atoms with Crippen molar-refractivity contribution in [3.63, 3.8) is 0 Å². The zero-order valence-electron chi connectivity index (χ0n) is 10.0. The summed E-state index contributed by atoms with van der Waals surface area (Å²) >= 11 is 6.08. The predicted molar refractivity (Wildman–Crippen MR) is 71.2 cm³/mol. The number of hydrogen-bond donors (Lipinski definition) is 1. The number of rotatable bonds is 4. The molecule has 0 aliphatic rings. The van der Waals surface area contributed by atoms with Crippen LogP contribution in [0, 0.1) is 5.82 Å². The Morgan fingerprint density at radius 2 is 2.00 bits per heavy atom. The highest BCUT2D eigenvalue weighted by molar-refractivity contribution is 6.31. The lowest BCUT2D eigenvalue weighted by Gasteiger charge is -2.17. The van der Waals surface area contributed by atoms with Crippen LogP contribution < -0.4 is 5.32 Å². The first-order chi connectivity index (χ1) is 8.70. The van der Waals surface area contributed by atoms with E-state index < -0.39 is 0 Å². The summed E-state index contributed by atoms with van der Waals surface area (Å²) in [5.41, 5.74) is 1.90. The normalized spacial score (nSPS) is 12.4. The lowest BCUT2D eigenvalue weighted by molar-refractivity contribution is 0.583. The van der Waals surface area contributed by atoms with E-state index in [2.05, 4.69) is 10.3 Å². The van der Waals surface area contributed by atoms with Crippen LogP contribution in [0.25, 0.3) is 0 Å². The smallest absolute Gasteiger partial charge is 0.123 e. The molecule has 1 unspecified atom stereocenters. The van der Waals surface area contributed by atoms with Crippen LogP contribution in [-0.2, 0) is 6.42 Å². The Balaban J connectivity index is 2.23. The van der Waals surface area contributed by atoms with E-state index in [0.29, 0.717) is 11.4 Å². The summed E-state index contributed by atoms with van der Waals surface area (Å²) in [4.78, 5) is 3.99. The topological polar surface area (TPSA) is 24.9 Å². The van der Waals surface area contributed by atoms with Gasteiger partial charge in [0.1, 0.15) is 5.82 Å². The van der Waals surface area contributed by atoms with Crippen molar-refractivity contribution in [2.45, 2.75) is 12.5 Å². The average Bonchev–Trinajstić information content (AvgIpc) is 2.41. The molecule has 2 nitrogen and oxygen atoms in total. The molecule has 1 heterocycles. The molecule has 1 N–H and O–H groups in total. The monoisotopic (exact) mass is 264 g/mol. The van der Waals surface area contributed by atoms with Crippen molar-refractivity contribution in [3.8, 4) is 0 Å². The molecule has 0 spiro atoms. The SMILES string of the molecule is CNC(Cc1cc(F)ccc1Cl)c1ccncc1. The van der Waals surface area contributed by atoms with Gasteiger partial charge in [-0.2, -0.15) is 0 Å². The van der Waals surface area contributed by atoms with E-state index in [4.69, 9.17) is 11.6 Å². The molecule has 1 aromatic heterocycles. The number of likely N-dealkylation sites (N-methyl/N-ethyl adjacent to an activating group) is 1. The minimum Gasteiger partial charge on any atom is -0.313 e. The van der Waals surface area contributed by atoms with Crippen LogP contribution in [0.3, 0.4) is 0 Å². The molecule has 1 atom stereocenters. The number of hydrogen-bond acceptors (Lipinski definition) is 2. The van der Waals surface area contributed by atoms with E-state index >= 15 is 0 Å². The summed E-state index contributed by atoms with van der Waals surface area (Å²) in [6.07, 6.45) is 4.12. The highest BCUT2D eigenvalue weighted by atomic mass is 35.5. The summed E-state index contributed by atoms with van der Waals surface area (Å²) < 4.78 is 13.2. The Labute approximate surface area is 111 Å². The number of pyridine rings is 1. The molecule has 1 aromatic carbocycles. The Bertz CT molecular complexity index is 516. The second kappa shape index (κ2) is 5.94. The van der Waals surface area contributed by atoms with Gasteiger partial charge >= 0.3 is 0 Å². The van der Waals surface area contributed by atoms with Crippen molar-refractivity contribution >= 4 is 11.6 Å². The van der Waals surface area contributed by atoms with Crippen molar-refractivity contribution in [1.29, 1.82) is 0 Å². The zero-order chi connectivity index (χ0) is 13.0. The highest BCUT2D eigenvalue weighted by Crippen LogP contribution is 2.23. The lowest BCUT2D eigenvalue weighted by atomic mass is 10.00. The van der Waals surface area contributed by atoms with Crippen molar-refractivity contribution in [2.24, 2.45) is 0 Å². The summed E-state index contributed by atoms with van der Waals surface area (Å²) in [5.74, 6) is -0.265. The van der Waals surface area contributed by atoms with Gasteiger partial charge in [-0.05, 0) is 54.9 Å². The first-order valence-electron chi connectivity index (χ1n) is 5.72. The van der Waals surface area contributed by atoms with Gasteiger partial charge in [0.05, 0.1) is 0 Å². The van der Waals surface area contributed by atoms with Gasteiger partial charge in [0.15, 0.2) is 0 Å². The molecule has 0 saturated carbocycles. The molecule has 0 radical (unpaired) electrons. The van der Waals surface area contributed by atoms with Gasteiger partial charge in [0, 0.05) is 23.5 Å². The molecule has 2 aromatic rings. The number of nitrogens with zero attached hydrogens (tertiary/aromatic N) is 1. The van der Waals surface area contributed by atoms with Crippen LogP contribution in [-0.4, -0.2) is 12.0 Å². The maximum atomic E-state index is 13.2. The molecular weight excluding hydrogens is 251 g/mol. The Hall–Kier alpha value is -1.45. The first kappa shape index (κ1) is 13.0. The molecule has 18 heavy (non-hydrogen) atoms. The van der Waals surface area contributed by atoms with Crippen molar-refractivity contribution < 1.29 is 4.39 Å². The number of nitrogens with one attached hydrogen (secondary N) is 1. The first-order valence-corrected chi connectivity index (χ1v) is 6.09. The summed E-state index contributed by atoms with van der Waals surface area (Å²) in [7, 11) is 1.87. The minimum absolute atomic E-state index is 0.0901. The third kappa shape index (κ3) is 3.06. The van der Waals surface area contributed by atoms with Crippen LogP contribution >= 0.6 is 11.6 Å². The molecule has 0 fully saturated rings. The van der Waals surface area contributed by atoms with Crippen LogP contribution in [0.5, 0.6) is 0 Å². The molecule has 0 saturated heterocycles. The third-order valence-electron chi connectivity index (χ3n) is 2.89. The quantitative estimate of drug-likeness (QED) is 0.916. The molecule has 4 heteroatoms. The van der Waals surface area contributed by atoms with Gasteiger partial charge in [0.25, 0.3) is 0 Å². The predicted octanol–water partition coefficient (Wildman–Crippen LogP) is 3.38. The third-order valence-corrected chi connectivity index (χ3v) is 3.26. The second-order valence-electron chi connectivity index (χ2n) is 4.06. The van der Waals surface area contributed by atoms with E-state index in [0.717, 1.165) is 11.1 Å². The molecule has 0 amide bonds. The Morgan fingerprint density at radius 3 is 2.67 bits per heavy atom. The summed E-state index contributed by atoms with van der Waals surface area (Å²) in [5, 5.41) is 3.79. The standard InChI is InChI=1S/C14H14ClFN2/c1-17-14(10-4-6-18-7-5-10)9-11-8-12(16)2-3-13(11)15/h2-8,14,17H,9H2,1H3. The van der Waals surface area contributed by atoms with E-state index in [-0.39, 0.29) is 11.9 Å². The summed E-state index contributed by atoms with van der Waals surface area (Å²) in [6, 6.07) is 8.40. The molecule has 94 valence electrons. The van der Waals surface area contributed by atoms with Gasteiger partial charge in [-0.1, -0.05) is 11.6 Å². The van der Waals surface area contributed by atoms with E-state index in [1.165, 1.54) is 12.1 Å². The van der Waals surface area contributed by atoms with Gasteiger partial charge in [0.2, 0.25) is 0 Å². The number of benzene rings is 1. The summed E-state index contributed by atoms with van der Waals surface area (Å²) in [6.45, 7) is 0. The van der Waals surface area contributed by atoms with Crippen LogP contribution in [0.4, 0.5) is 4.39 Å². The lowest BCUT2D eigenvalue weighted by Crippen LogP contribution is -2.19. The van der Waals surface area contributed by atoms with Gasteiger partial charge in [-0.3, -0.25) is 4.98 Å². The molecular formula is C14H14ClFN2. The largest absolute Gasteiger partial charge is 0.313 e. The fourth-order valence-electron chi connectivity index (χ4n) is 1.90. The van der Waals surface area contributed by atoms with E-state index in [1.54, 1.807) is 18.5 Å². The zero-order valence-corrected chi connectivity index (χ0v) is 10.8. The molecule has 2 rings (SSSR count). The Kier molecular flexibility index (Phi) is 4.28. The maximum Gasteiger partial charge on any atom is 0.123 e. The molecule has 0 aliphatic heterocycles. The van der Waals surface area contributed by atoms with Gasteiger partial charge < -0.3 is 5.32 Å². The average molecular weight is 265 g/mol. The van der Waals surface area contributed by atoms with Crippen molar-refractivity contribution in [3.05, 3.63) is 64.7 Å². The van der Waals surface area contributed by atoms with Gasteiger partial charge in [-0.25, -0.2) is 4.39 Å². The maximum absolute atomic E-state index is 13.2. The van der Waals surface area contributed by atoms with Crippen molar-refractivity contribution in [2.75, 3.05) is 7.05 Å². The van der Waals surface area contributed by atoms with Gasteiger partial charge in [-0.15, -0.1) is 0 Å². The van der Waals surface area contributed by atoms with Crippen molar-refractivity contribution in [1.82, 2.24) is 10.3 Å². The molecule has 0 bridgehead atoms. The number of halogens is 2. The van der Waals surface area contributed by atoms with Crippen LogP contribution in [0.15, 0.2) is 42.7 Å². The fourth-order valence-corrected chi connectivity index (χ4v) is 2.10. The number of aromatic nitrogens is 1. The highest BCUT2D eigenvalue weighted by Gasteiger charge is 2.12. The minimum atomic E-state index is -0.265. The fraction of sp³-hybridized carbons (Fsp3) is 0.214. The van der Waals surface area contributed by atoms with Crippen LogP contribution in [0.1, 0.15) is 17.2 Å². The van der Waals surface area contributed by atoms with E-state index in [1.807, 2.05) is 19.2 Å². The van der Waals surface area contributed by atoms with E-state index in [9.17, 15) is 4.39 Å².